The van der Waals surface area contributed by atoms with Crippen molar-refractivity contribution in [2.45, 2.75) is 12.8 Å². The van der Waals surface area contributed by atoms with E-state index in [1.54, 1.807) is 48.7 Å². The first-order valence-corrected chi connectivity index (χ1v) is 10.9. The average Bonchev–Trinajstić information content (AvgIpc) is 3.18. The minimum absolute atomic E-state index is 0.0751. The molecule has 0 radical (unpaired) electrons. The molecule has 12 heteroatoms. The van der Waals surface area contributed by atoms with Crippen molar-refractivity contribution in [3.8, 4) is 0 Å². The molecule has 0 unspecified atom stereocenters. The number of rotatable bonds is 7. The van der Waals surface area contributed by atoms with Crippen LogP contribution in [0, 0.1) is 0 Å². The molecule has 4 aromatic rings. The average molecular weight is 524 g/mol. The number of fused-ring (bicyclic) bond motifs is 1. The van der Waals surface area contributed by atoms with E-state index in [1.165, 1.54) is 6.07 Å². The Morgan fingerprint density at radius 3 is 2.41 bits per heavy atom. The number of pyridine rings is 2. The third kappa shape index (κ3) is 5.92. The Morgan fingerprint density at radius 1 is 0.882 bits per heavy atom. The van der Waals surface area contributed by atoms with Gasteiger partial charge in [0.2, 0.25) is 11.8 Å². The topological polar surface area (TPSA) is 162 Å². The van der Waals surface area contributed by atoms with E-state index in [0.717, 1.165) is 4.47 Å². The molecule has 172 valence electrons. The Hall–Kier alpha value is -4.32. The zero-order chi connectivity index (χ0) is 24.1. The van der Waals surface area contributed by atoms with Gasteiger partial charge in [-0.05, 0) is 58.4 Å². The second kappa shape index (κ2) is 10.1. The first kappa shape index (κ1) is 22.9. The molecule has 4 rings (SSSR count). The summed E-state index contributed by atoms with van der Waals surface area (Å²) in [7, 11) is 0. The van der Waals surface area contributed by atoms with E-state index in [2.05, 4.69) is 51.8 Å². The molecule has 0 bridgehead atoms. The van der Waals surface area contributed by atoms with Gasteiger partial charge in [0.15, 0.2) is 5.65 Å². The summed E-state index contributed by atoms with van der Waals surface area (Å²) in [5.41, 5.74) is 1.20. The lowest BCUT2D eigenvalue weighted by molar-refractivity contribution is -0.121. The number of hydrogen-bond acceptors (Lipinski definition) is 6. The zero-order valence-electron chi connectivity index (χ0n) is 17.5. The molecule has 3 heterocycles. The largest absolute Gasteiger partial charge is 0.326 e. The van der Waals surface area contributed by atoms with E-state index >= 15 is 0 Å². The van der Waals surface area contributed by atoms with Crippen LogP contribution in [0.25, 0.3) is 11.2 Å². The quantitative estimate of drug-likeness (QED) is 0.250. The second-order valence-electron chi connectivity index (χ2n) is 7.16. The van der Waals surface area contributed by atoms with Crippen LogP contribution < -0.4 is 21.6 Å². The fraction of sp³-hybridized carbons (Fsp3) is 0.0909. The predicted octanol–water partition coefficient (Wildman–Crippen LogP) is 3.02. The van der Waals surface area contributed by atoms with Gasteiger partial charge in [0.1, 0.15) is 11.6 Å². The van der Waals surface area contributed by atoms with E-state index in [0.29, 0.717) is 28.2 Å². The van der Waals surface area contributed by atoms with E-state index in [9.17, 15) is 19.2 Å². The Labute approximate surface area is 200 Å². The highest BCUT2D eigenvalue weighted by molar-refractivity contribution is 9.10. The molecule has 0 saturated carbocycles. The molecular formula is C22H18BrN7O4. The fourth-order valence-electron chi connectivity index (χ4n) is 3.02. The van der Waals surface area contributed by atoms with Crippen molar-refractivity contribution in [1.29, 1.82) is 0 Å². The summed E-state index contributed by atoms with van der Waals surface area (Å²) in [6, 6.07) is 13.0. The number of aromatic amines is 2. The summed E-state index contributed by atoms with van der Waals surface area (Å²) in [4.78, 5) is 61.5. The Balaban J connectivity index is 1.29. The number of anilines is 3. The van der Waals surface area contributed by atoms with Crippen molar-refractivity contribution >= 4 is 62.1 Å². The Bertz CT molecular complexity index is 1430. The molecule has 3 aromatic heterocycles. The van der Waals surface area contributed by atoms with Crippen LogP contribution >= 0.6 is 15.9 Å². The number of benzene rings is 1. The number of halogens is 1. The van der Waals surface area contributed by atoms with Gasteiger partial charge in [0.05, 0.1) is 5.52 Å². The van der Waals surface area contributed by atoms with E-state index in [4.69, 9.17) is 0 Å². The van der Waals surface area contributed by atoms with Gasteiger partial charge in [-0.1, -0.05) is 6.07 Å². The monoisotopic (exact) mass is 523 g/mol. The first-order chi connectivity index (χ1) is 16.4. The van der Waals surface area contributed by atoms with Crippen molar-refractivity contribution in [2.24, 2.45) is 0 Å². The Kier molecular flexibility index (Phi) is 6.78. The lowest BCUT2D eigenvalue weighted by atomic mass is 10.2. The van der Waals surface area contributed by atoms with Crippen LogP contribution in [-0.2, 0) is 9.59 Å². The molecule has 5 N–H and O–H groups in total. The number of amides is 3. The van der Waals surface area contributed by atoms with Gasteiger partial charge >= 0.3 is 5.69 Å². The molecule has 0 aliphatic rings. The van der Waals surface area contributed by atoms with Gasteiger partial charge in [0.25, 0.3) is 5.91 Å². The highest BCUT2D eigenvalue weighted by Gasteiger charge is 2.12. The summed E-state index contributed by atoms with van der Waals surface area (Å²) in [6.07, 6.45) is 1.41. The fourth-order valence-corrected chi connectivity index (χ4v) is 3.25. The van der Waals surface area contributed by atoms with Gasteiger partial charge in [-0.15, -0.1) is 0 Å². The minimum Gasteiger partial charge on any atom is -0.326 e. The van der Waals surface area contributed by atoms with Crippen LogP contribution in [-0.4, -0.2) is 37.7 Å². The number of aromatic nitrogens is 4. The number of H-pyrrole nitrogens is 2. The molecule has 0 aliphatic carbocycles. The van der Waals surface area contributed by atoms with E-state index < -0.39 is 11.6 Å². The maximum atomic E-state index is 12.5. The van der Waals surface area contributed by atoms with Gasteiger partial charge in [0, 0.05) is 34.8 Å². The molecule has 0 fully saturated rings. The number of carbonyl (C=O) groups is 3. The van der Waals surface area contributed by atoms with Crippen molar-refractivity contribution < 1.29 is 14.4 Å². The molecule has 0 spiro atoms. The van der Waals surface area contributed by atoms with Gasteiger partial charge < -0.3 is 20.9 Å². The molecular weight excluding hydrogens is 506 g/mol. The maximum absolute atomic E-state index is 12.5. The van der Waals surface area contributed by atoms with Crippen LogP contribution in [0.15, 0.2) is 64.0 Å². The molecule has 3 amide bonds. The van der Waals surface area contributed by atoms with Crippen molar-refractivity contribution in [3.05, 3.63) is 75.2 Å². The van der Waals surface area contributed by atoms with Crippen LogP contribution in [0.5, 0.6) is 0 Å². The first-order valence-electron chi connectivity index (χ1n) is 10.1. The highest BCUT2D eigenvalue weighted by atomic mass is 79.9. The van der Waals surface area contributed by atoms with Crippen molar-refractivity contribution in [2.75, 3.05) is 16.0 Å². The van der Waals surface area contributed by atoms with Gasteiger partial charge in [-0.2, -0.15) is 0 Å². The SMILES string of the molecule is O=C(CCC(=O)Nc1ccc2[nH]c(=O)[nH]c2n1)Nc1cccc(C(=O)Nc2ccc(Br)cn2)c1. The lowest BCUT2D eigenvalue weighted by Crippen LogP contribution is -2.18. The third-order valence-electron chi connectivity index (χ3n) is 4.60. The molecule has 0 aliphatic heterocycles. The van der Waals surface area contributed by atoms with Crippen LogP contribution in [0.1, 0.15) is 23.2 Å². The number of carbonyl (C=O) groups excluding carboxylic acids is 3. The zero-order valence-corrected chi connectivity index (χ0v) is 19.1. The third-order valence-corrected chi connectivity index (χ3v) is 5.07. The lowest BCUT2D eigenvalue weighted by Gasteiger charge is -2.08. The van der Waals surface area contributed by atoms with Crippen LogP contribution in [0.2, 0.25) is 0 Å². The summed E-state index contributed by atoms with van der Waals surface area (Å²) in [5.74, 6) is -0.522. The molecule has 0 atom stereocenters. The van der Waals surface area contributed by atoms with Crippen LogP contribution in [0.3, 0.4) is 0 Å². The number of imidazole rings is 1. The maximum Gasteiger partial charge on any atom is 0.325 e. The molecule has 34 heavy (non-hydrogen) atoms. The van der Waals surface area contributed by atoms with E-state index in [1.807, 2.05) is 0 Å². The molecule has 11 nitrogen and oxygen atoms in total. The highest BCUT2D eigenvalue weighted by Crippen LogP contribution is 2.15. The summed E-state index contributed by atoms with van der Waals surface area (Å²) in [5, 5.41) is 7.94. The van der Waals surface area contributed by atoms with Crippen molar-refractivity contribution in [1.82, 2.24) is 19.9 Å². The smallest absolute Gasteiger partial charge is 0.325 e. The van der Waals surface area contributed by atoms with Crippen molar-refractivity contribution in [3.63, 3.8) is 0 Å². The number of hydrogen-bond donors (Lipinski definition) is 5. The standard InChI is InChI=1S/C22H18BrN7O4/c23-13-4-6-16(24-11-13)29-21(33)12-2-1-3-14(10-12)25-18(31)8-9-19(32)27-17-7-5-15-20(28-17)30-22(34)26-15/h1-7,10-11H,8-9H2,(H,25,31)(H,24,29,33)(H3,26,27,28,30,32,34). The normalized spacial score (nSPS) is 10.6. The van der Waals surface area contributed by atoms with E-state index in [-0.39, 0.29) is 30.5 Å². The minimum atomic E-state index is -0.407. The van der Waals surface area contributed by atoms with Gasteiger partial charge in [-0.25, -0.2) is 14.8 Å². The predicted molar refractivity (Wildman–Crippen MR) is 130 cm³/mol. The molecule has 1 aromatic carbocycles. The number of nitrogens with zero attached hydrogens (tertiary/aromatic N) is 2. The summed E-state index contributed by atoms with van der Waals surface area (Å²) < 4.78 is 0.790. The second-order valence-corrected chi connectivity index (χ2v) is 8.08. The van der Waals surface area contributed by atoms with Crippen LogP contribution in [0.4, 0.5) is 17.3 Å². The number of nitrogens with one attached hydrogen (secondary N) is 5. The summed E-state index contributed by atoms with van der Waals surface area (Å²) >= 11 is 3.28. The molecule has 0 saturated heterocycles. The summed E-state index contributed by atoms with van der Waals surface area (Å²) in [6.45, 7) is 0. The van der Waals surface area contributed by atoms with Gasteiger partial charge in [-0.3, -0.25) is 19.4 Å². The Morgan fingerprint density at radius 2 is 1.65 bits per heavy atom.